The highest BCUT2D eigenvalue weighted by atomic mass is 35.5. The highest BCUT2D eigenvalue weighted by molar-refractivity contribution is 6.28. The van der Waals surface area contributed by atoms with E-state index in [1.807, 2.05) is 17.6 Å². The third-order valence-electron chi connectivity index (χ3n) is 3.37. The van der Waals surface area contributed by atoms with E-state index in [1.54, 1.807) is 12.3 Å². The number of hydrogen-bond donors (Lipinski definition) is 0. The van der Waals surface area contributed by atoms with E-state index in [2.05, 4.69) is 21.9 Å². The molecule has 0 fully saturated rings. The summed E-state index contributed by atoms with van der Waals surface area (Å²) >= 11 is 5.80. The summed E-state index contributed by atoms with van der Waals surface area (Å²) in [6.07, 6.45) is 2.51. The molecule has 2 aromatic heterocycles. The number of imidazole rings is 1. The van der Waals surface area contributed by atoms with E-state index in [1.165, 1.54) is 6.07 Å². The highest BCUT2D eigenvalue weighted by Crippen LogP contribution is 2.27. The first-order valence-electron chi connectivity index (χ1n) is 6.75. The molecular formula is C15H14ClFN4. The molecule has 0 bridgehead atoms. The van der Waals surface area contributed by atoms with Crippen molar-refractivity contribution in [2.45, 2.75) is 26.8 Å². The van der Waals surface area contributed by atoms with Crippen LogP contribution in [0.15, 0.2) is 24.4 Å². The molecule has 0 aliphatic carbocycles. The van der Waals surface area contributed by atoms with Gasteiger partial charge in [-0.1, -0.05) is 6.92 Å². The fourth-order valence-electron chi connectivity index (χ4n) is 2.45. The van der Waals surface area contributed by atoms with Gasteiger partial charge in [-0.25, -0.2) is 19.3 Å². The number of hydrogen-bond acceptors (Lipinski definition) is 3. The topological polar surface area (TPSA) is 43.6 Å². The first-order valence-corrected chi connectivity index (χ1v) is 7.13. The van der Waals surface area contributed by atoms with Gasteiger partial charge in [0.25, 0.3) is 0 Å². The van der Waals surface area contributed by atoms with Crippen LogP contribution in [0.5, 0.6) is 0 Å². The Balaban J connectivity index is 2.24. The van der Waals surface area contributed by atoms with Crippen LogP contribution in [0.1, 0.15) is 19.2 Å². The first kappa shape index (κ1) is 13.9. The molecule has 0 atom stereocenters. The molecule has 21 heavy (non-hydrogen) atoms. The minimum Gasteiger partial charge on any atom is -0.328 e. The minimum absolute atomic E-state index is 0.145. The second-order valence-electron chi connectivity index (χ2n) is 4.85. The summed E-state index contributed by atoms with van der Waals surface area (Å²) in [6, 6.07) is 5.04. The molecule has 0 aliphatic heterocycles. The molecule has 4 nitrogen and oxygen atoms in total. The Kier molecular flexibility index (Phi) is 3.59. The lowest BCUT2D eigenvalue weighted by atomic mass is 10.1. The van der Waals surface area contributed by atoms with Crippen LogP contribution >= 0.6 is 11.6 Å². The Bertz CT molecular complexity index is 813. The summed E-state index contributed by atoms with van der Waals surface area (Å²) in [5.41, 5.74) is 2.43. The van der Waals surface area contributed by atoms with Crippen molar-refractivity contribution in [3.63, 3.8) is 0 Å². The fourth-order valence-corrected chi connectivity index (χ4v) is 2.59. The molecule has 0 aliphatic rings. The SMILES string of the molecule is CCCn1c(C)nc2c(F)cc(-c3ccnc(Cl)n3)cc21. The minimum atomic E-state index is -0.352. The van der Waals surface area contributed by atoms with Crippen LogP contribution in [-0.4, -0.2) is 19.5 Å². The third-order valence-corrected chi connectivity index (χ3v) is 3.55. The predicted molar refractivity (Wildman–Crippen MR) is 80.8 cm³/mol. The second kappa shape index (κ2) is 5.41. The third kappa shape index (κ3) is 2.49. The van der Waals surface area contributed by atoms with Crippen LogP contribution in [-0.2, 0) is 6.54 Å². The Labute approximate surface area is 126 Å². The van der Waals surface area contributed by atoms with E-state index < -0.39 is 0 Å². The van der Waals surface area contributed by atoms with Gasteiger partial charge >= 0.3 is 0 Å². The van der Waals surface area contributed by atoms with Crippen LogP contribution in [0.25, 0.3) is 22.3 Å². The molecule has 2 heterocycles. The van der Waals surface area contributed by atoms with Crippen LogP contribution < -0.4 is 0 Å². The Morgan fingerprint density at radius 3 is 2.81 bits per heavy atom. The average molecular weight is 305 g/mol. The Hall–Kier alpha value is -2.01. The van der Waals surface area contributed by atoms with E-state index >= 15 is 0 Å². The van der Waals surface area contributed by atoms with E-state index in [9.17, 15) is 4.39 Å². The van der Waals surface area contributed by atoms with Crippen molar-refractivity contribution < 1.29 is 4.39 Å². The molecule has 6 heteroatoms. The predicted octanol–water partition coefficient (Wildman–Crippen LogP) is 4.00. The van der Waals surface area contributed by atoms with Crippen LogP contribution in [0.2, 0.25) is 5.28 Å². The molecule has 3 rings (SSSR count). The Morgan fingerprint density at radius 2 is 2.10 bits per heavy atom. The molecule has 1 aromatic carbocycles. The molecule has 3 aromatic rings. The highest BCUT2D eigenvalue weighted by Gasteiger charge is 2.14. The lowest BCUT2D eigenvalue weighted by Crippen LogP contribution is -1.99. The van der Waals surface area contributed by atoms with Crippen LogP contribution in [0.3, 0.4) is 0 Å². The second-order valence-corrected chi connectivity index (χ2v) is 5.19. The molecule has 0 N–H and O–H groups in total. The normalized spacial score (nSPS) is 11.2. The van der Waals surface area contributed by atoms with Crippen molar-refractivity contribution in [3.8, 4) is 11.3 Å². The van der Waals surface area contributed by atoms with Gasteiger partial charge < -0.3 is 4.57 Å². The fraction of sp³-hybridized carbons (Fsp3) is 0.267. The van der Waals surface area contributed by atoms with Crippen molar-refractivity contribution in [1.29, 1.82) is 0 Å². The van der Waals surface area contributed by atoms with Crippen LogP contribution in [0.4, 0.5) is 4.39 Å². The van der Waals surface area contributed by atoms with E-state index in [-0.39, 0.29) is 11.1 Å². The maximum absolute atomic E-state index is 14.3. The number of rotatable bonds is 3. The number of halogens is 2. The summed E-state index contributed by atoms with van der Waals surface area (Å²) in [6.45, 7) is 4.77. The van der Waals surface area contributed by atoms with Crippen molar-refractivity contribution >= 4 is 22.6 Å². The van der Waals surface area contributed by atoms with E-state index in [4.69, 9.17) is 11.6 Å². The monoisotopic (exact) mass is 304 g/mol. The summed E-state index contributed by atoms with van der Waals surface area (Å²) in [5.74, 6) is 0.457. The molecule has 108 valence electrons. The molecule has 0 saturated heterocycles. The van der Waals surface area contributed by atoms with E-state index in [0.29, 0.717) is 16.8 Å². The first-order chi connectivity index (χ1) is 10.1. The van der Waals surface area contributed by atoms with Crippen molar-refractivity contribution in [3.05, 3.63) is 41.3 Å². The van der Waals surface area contributed by atoms with Gasteiger partial charge in [0.1, 0.15) is 11.3 Å². The van der Waals surface area contributed by atoms with Crippen molar-refractivity contribution in [2.24, 2.45) is 0 Å². The maximum atomic E-state index is 14.3. The van der Waals surface area contributed by atoms with Gasteiger partial charge in [-0.2, -0.15) is 0 Å². The van der Waals surface area contributed by atoms with Gasteiger partial charge in [0, 0.05) is 18.3 Å². The average Bonchev–Trinajstić information content (AvgIpc) is 2.77. The van der Waals surface area contributed by atoms with Gasteiger partial charge in [0.05, 0.1) is 11.2 Å². The molecule has 0 saturated carbocycles. The Morgan fingerprint density at radius 1 is 1.29 bits per heavy atom. The van der Waals surface area contributed by atoms with Crippen LogP contribution in [0, 0.1) is 12.7 Å². The van der Waals surface area contributed by atoms with Crippen molar-refractivity contribution in [2.75, 3.05) is 0 Å². The molecule has 0 unspecified atom stereocenters. The standard InChI is InChI=1S/C15H14ClFN4/c1-3-6-21-9(2)19-14-11(17)7-10(8-13(14)21)12-4-5-18-15(16)20-12/h4-5,7-8H,3,6H2,1-2H3. The molecule has 0 spiro atoms. The van der Waals surface area contributed by atoms with Gasteiger partial charge in [-0.15, -0.1) is 0 Å². The number of aryl methyl sites for hydroxylation is 2. The van der Waals surface area contributed by atoms with Gasteiger partial charge in [-0.3, -0.25) is 0 Å². The van der Waals surface area contributed by atoms with Gasteiger partial charge in [0.15, 0.2) is 5.82 Å². The van der Waals surface area contributed by atoms with Gasteiger partial charge in [-0.05, 0) is 43.1 Å². The lowest BCUT2D eigenvalue weighted by molar-refractivity contribution is 0.637. The summed E-state index contributed by atoms with van der Waals surface area (Å²) < 4.78 is 16.3. The number of fused-ring (bicyclic) bond motifs is 1. The number of benzene rings is 1. The summed E-state index contributed by atoms with van der Waals surface area (Å²) in [4.78, 5) is 12.3. The molecule has 0 amide bonds. The largest absolute Gasteiger partial charge is 0.328 e. The number of aromatic nitrogens is 4. The smallest absolute Gasteiger partial charge is 0.222 e. The van der Waals surface area contributed by atoms with Gasteiger partial charge in [0.2, 0.25) is 5.28 Å². The van der Waals surface area contributed by atoms with E-state index in [0.717, 1.165) is 24.3 Å². The lowest BCUT2D eigenvalue weighted by Gasteiger charge is -2.06. The summed E-state index contributed by atoms with van der Waals surface area (Å²) in [7, 11) is 0. The zero-order chi connectivity index (χ0) is 15.0. The number of nitrogens with zero attached hydrogens (tertiary/aromatic N) is 4. The summed E-state index contributed by atoms with van der Waals surface area (Å²) in [5, 5.41) is 0.145. The molecular weight excluding hydrogens is 291 g/mol. The quantitative estimate of drug-likeness (QED) is 0.687. The zero-order valence-corrected chi connectivity index (χ0v) is 12.5. The van der Waals surface area contributed by atoms with Crippen molar-refractivity contribution in [1.82, 2.24) is 19.5 Å². The maximum Gasteiger partial charge on any atom is 0.222 e. The zero-order valence-electron chi connectivity index (χ0n) is 11.8. The molecule has 0 radical (unpaired) electrons.